The van der Waals surface area contributed by atoms with Crippen LogP contribution in [0.3, 0.4) is 0 Å². The van der Waals surface area contributed by atoms with Gasteiger partial charge in [0.05, 0.1) is 4.88 Å². The maximum atomic E-state index is 11.3. The largest absolute Gasteiger partial charge is 0.365 e. The number of carbonyl (C=O) groups excluding carboxylic acids is 1. The highest BCUT2D eigenvalue weighted by Gasteiger charge is 2.16. The number of thiophene rings is 1. The number of rotatable bonds is 2. The molecule has 0 saturated carbocycles. The number of hydrogen-bond donors (Lipinski definition) is 1. The average molecular weight is 247 g/mol. The lowest BCUT2D eigenvalue weighted by Gasteiger charge is -2.09. The quantitative estimate of drug-likeness (QED) is 0.884. The Kier molecular flexibility index (Phi) is 2.93. The lowest BCUT2D eigenvalue weighted by atomic mass is 10.0. The van der Waals surface area contributed by atoms with E-state index < -0.39 is 5.91 Å². The van der Waals surface area contributed by atoms with Gasteiger partial charge in [-0.15, -0.1) is 11.3 Å². The fourth-order valence-electron chi connectivity index (χ4n) is 1.97. The summed E-state index contributed by atoms with van der Waals surface area (Å²) in [5.74, 6) is 0.328. The van der Waals surface area contributed by atoms with Gasteiger partial charge in [-0.2, -0.15) is 0 Å². The first-order valence-corrected chi connectivity index (χ1v) is 6.08. The van der Waals surface area contributed by atoms with E-state index in [1.165, 1.54) is 11.3 Å². The predicted molar refractivity (Wildman–Crippen MR) is 68.1 cm³/mol. The van der Waals surface area contributed by atoms with E-state index in [9.17, 15) is 4.79 Å². The van der Waals surface area contributed by atoms with Crippen LogP contribution in [-0.2, 0) is 0 Å². The molecule has 0 aromatic carbocycles. The van der Waals surface area contributed by atoms with Crippen molar-refractivity contribution < 1.29 is 4.79 Å². The van der Waals surface area contributed by atoms with Crippen LogP contribution in [0.15, 0.2) is 11.4 Å². The first-order chi connectivity index (χ1) is 8.00. The Hall–Kier alpha value is -1.75. The highest BCUT2D eigenvalue weighted by molar-refractivity contribution is 7.12. The van der Waals surface area contributed by atoms with Crippen molar-refractivity contribution in [2.75, 3.05) is 0 Å². The number of hydrogen-bond acceptors (Lipinski definition) is 4. The molecule has 1 amide bonds. The van der Waals surface area contributed by atoms with Gasteiger partial charge in [-0.25, -0.2) is 9.97 Å². The summed E-state index contributed by atoms with van der Waals surface area (Å²) < 4.78 is 0. The number of nitrogens with zero attached hydrogens (tertiary/aromatic N) is 2. The van der Waals surface area contributed by atoms with Gasteiger partial charge in [0.15, 0.2) is 0 Å². The van der Waals surface area contributed by atoms with E-state index in [0.29, 0.717) is 4.88 Å². The van der Waals surface area contributed by atoms with Crippen LogP contribution in [0, 0.1) is 20.8 Å². The SMILES string of the molecule is Cc1nc(C)c(-c2ccsc2C(N)=O)c(C)n1. The molecule has 0 aliphatic carbocycles. The third kappa shape index (κ3) is 2.06. The number of primary amides is 1. The zero-order chi connectivity index (χ0) is 12.6. The van der Waals surface area contributed by atoms with Crippen LogP contribution in [0.4, 0.5) is 0 Å². The molecule has 0 bridgehead atoms. The number of amides is 1. The summed E-state index contributed by atoms with van der Waals surface area (Å²) in [4.78, 5) is 20.6. The van der Waals surface area contributed by atoms with Gasteiger partial charge in [0, 0.05) is 22.5 Å². The first-order valence-electron chi connectivity index (χ1n) is 5.20. The average Bonchev–Trinajstić information content (AvgIpc) is 2.64. The monoisotopic (exact) mass is 247 g/mol. The number of nitrogens with two attached hydrogens (primary N) is 1. The van der Waals surface area contributed by atoms with E-state index in [4.69, 9.17) is 5.73 Å². The molecule has 17 heavy (non-hydrogen) atoms. The molecule has 0 saturated heterocycles. The molecule has 0 radical (unpaired) electrons. The summed E-state index contributed by atoms with van der Waals surface area (Å²) in [7, 11) is 0. The minimum absolute atomic E-state index is 0.408. The van der Waals surface area contributed by atoms with Crippen molar-refractivity contribution in [2.24, 2.45) is 5.73 Å². The summed E-state index contributed by atoms with van der Waals surface area (Å²) in [5, 5.41) is 1.86. The van der Waals surface area contributed by atoms with E-state index in [1.54, 1.807) is 0 Å². The first kappa shape index (κ1) is 11.7. The van der Waals surface area contributed by atoms with Crippen molar-refractivity contribution in [3.8, 4) is 11.1 Å². The zero-order valence-corrected chi connectivity index (χ0v) is 10.8. The van der Waals surface area contributed by atoms with Crippen LogP contribution in [0.5, 0.6) is 0 Å². The van der Waals surface area contributed by atoms with Crippen LogP contribution < -0.4 is 5.73 Å². The van der Waals surface area contributed by atoms with E-state index in [-0.39, 0.29) is 0 Å². The minimum atomic E-state index is -0.408. The van der Waals surface area contributed by atoms with Crippen LogP contribution in [0.1, 0.15) is 26.9 Å². The lowest BCUT2D eigenvalue weighted by molar-refractivity contribution is 0.100. The molecular weight excluding hydrogens is 234 g/mol. The van der Waals surface area contributed by atoms with E-state index in [2.05, 4.69) is 9.97 Å². The molecule has 2 aromatic rings. The topological polar surface area (TPSA) is 68.9 Å². The molecule has 4 nitrogen and oxygen atoms in total. The predicted octanol–water partition coefficient (Wildman–Crippen LogP) is 2.23. The van der Waals surface area contributed by atoms with Crippen molar-refractivity contribution in [2.45, 2.75) is 20.8 Å². The van der Waals surface area contributed by atoms with Crippen LogP contribution in [-0.4, -0.2) is 15.9 Å². The van der Waals surface area contributed by atoms with Gasteiger partial charge in [-0.1, -0.05) is 0 Å². The molecule has 2 N–H and O–H groups in total. The summed E-state index contributed by atoms with van der Waals surface area (Å²) in [6.45, 7) is 5.69. The van der Waals surface area contributed by atoms with Gasteiger partial charge in [-0.05, 0) is 32.2 Å². The molecule has 5 heteroatoms. The molecule has 0 fully saturated rings. The van der Waals surface area contributed by atoms with Gasteiger partial charge in [0.25, 0.3) is 5.91 Å². The minimum Gasteiger partial charge on any atom is -0.365 e. The summed E-state index contributed by atoms with van der Waals surface area (Å²) in [6.07, 6.45) is 0. The van der Waals surface area contributed by atoms with Gasteiger partial charge in [0.1, 0.15) is 5.82 Å². The standard InChI is InChI=1S/C12H13N3OS/c1-6-10(7(2)15-8(3)14-6)9-4-5-17-11(9)12(13)16/h4-5H,1-3H3,(H2,13,16). The molecule has 88 valence electrons. The third-order valence-corrected chi connectivity index (χ3v) is 3.47. The van der Waals surface area contributed by atoms with Gasteiger partial charge >= 0.3 is 0 Å². The second-order valence-electron chi connectivity index (χ2n) is 3.84. The summed E-state index contributed by atoms with van der Waals surface area (Å²) in [5.41, 5.74) is 8.84. The Morgan fingerprint density at radius 1 is 1.24 bits per heavy atom. The van der Waals surface area contributed by atoms with Crippen molar-refractivity contribution in [3.05, 3.63) is 33.5 Å². The Labute approximate surface area is 104 Å². The summed E-state index contributed by atoms with van der Waals surface area (Å²) in [6, 6.07) is 1.89. The highest BCUT2D eigenvalue weighted by Crippen LogP contribution is 2.31. The molecule has 0 unspecified atom stereocenters. The molecular formula is C12H13N3OS. The number of carbonyl (C=O) groups is 1. The van der Waals surface area contributed by atoms with Crippen molar-refractivity contribution in [1.29, 1.82) is 0 Å². The molecule has 0 spiro atoms. The summed E-state index contributed by atoms with van der Waals surface area (Å²) >= 11 is 1.34. The van der Waals surface area contributed by atoms with E-state index in [1.807, 2.05) is 32.2 Å². The molecule has 0 aliphatic heterocycles. The lowest BCUT2D eigenvalue weighted by Crippen LogP contribution is -2.10. The Morgan fingerprint density at radius 3 is 2.35 bits per heavy atom. The zero-order valence-electron chi connectivity index (χ0n) is 9.94. The van der Waals surface area contributed by atoms with Gasteiger partial charge < -0.3 is 5.73 Å². The Balaban J connectivity index is 2.69. The molecule has 0 aliphatic rings. The van der Waals surface area contributed by atoms with E-state index in [0.717, 1.165) is 28.3 Å². The van der Waals surface area contributed by atoms with Gasteiger partial charge in [0.2, 0.25) is 0 Å². The highest BCUT2D eigenvalue weighted by atomic mass is 32.1. The van der Waals surface area contributed by atoms with Crippen LogP contribution in [0.25, 0.3) is 11.1 Å². The van der Waals surface area contributed by atoms with E-state index >= 15 is 0 Å². The smallest absolute Gasteiger partial charge is 0.259 e. The molecule has 2 aromatic heterocycles. The normalized spacial score (nSPS) is 10.5. The maximum Gasteiger partial charge on any atom is 0.259 e. The van der Waals surface area contributed by atoms with Crippen molar-refractivity contribution in [1.82, 2.24) is 9.97 Å². The number of aryl methyl sites for hydroxylation is 3. The fourth-order valence-corrected chi connectivity index (χ4v) is 2.72. The molecule has 0 atom stereocenters. The van der Waals surface area contributed by atoms with Crippen molar-refractivity contribution in [3.63, 3.8) is 0 Å². The second-order valence-corrected chi connectivity index (χ2v) is 4.76. The molecule has 2 heterocycles. The number of aromatic nitrogens is 2. The van der Waals surface area contributed by atoms with Crippen LogP contribution >= 0.6 is 11.3 Å². The van der Waals surface area contributed by atoms with Crippen LogP contribution in [0.2, 0.25) is 0 Å². The second kappa shape index (κ2) is 4.25. The van der Waals surface area contributed by atoms with Crippen molar-refractivity contribution >= 4 is 17.2 Å². The maximum absolute atomic E-state index is 11.3. The third-order valence-electron chi connectivity index (χ3n) is 2.54. The Morgan fingerprint density at radius 2 is 1.82 bits per heavy atom. The van der Waals surface area contributed by atoms with Gasteiger partial charge in [-0.3, -0.25) is 4.79 Å². The molecule has 2 rings (SSSR count). The Bertz CT molecular complexity index is 566. The fraction of sp³-hybridized carbons (Fsp3) is 0.250.